The molecule has 1 aliphatic carbocycles. The van der Waals surface area contributed by atoms with Crippen molar-refractivity contribution in [2.75, 3.05) is 4.90 Å². The van der Waals surface area contributed by atoms with Crippen LogP contribution >= 0.6 is 23.2 Å². The van der Waals surface area contributed by atoms with Crippen molar-refractivity contribution in [3.63, 3.8) is 0 Å². The summed E-state index contributed by atoms with van der Waals surface area (Å²) < 4.78 is -0.823. The number of anilines is 1. The SMILES string of the molecule is Cc1ccc2c(c1)[C@]1(C)[C@@H](C(C)(C)N2C=O)C1(Cl)Cl. The van der Waals surface area contributed by atoms with E-state index >= 15 is 0 Å². The average molecular weight is 298 g/mol. The highest BCUT2D eigenvalue weighted by atomic mass is 35.5. The minimum atomic E-state index is -0.823. The minimum Gasteiger partial charge on any atom is -0.309 e. The van der Waals surface area contributed by atoms with Crippen LogP contribution in [0.3, 0.4) is 0 Å². The van der Waals surface area contributed by atoms with Crippen LogP contribution in [-0.2, 0) is 10.2 Å². The Labute approximate surface area is 123 Å². The van der Waals surface area contributed by atoms with Gasteiger partial charge < -0.3 is 4.90 Å². The highest BCUT2D eigenvalue weighted by Gasteiger charge is 2.81. The Balaban J connectivity index is 2.32. The quantitative estimate of drug-likeness (QED) is 0.570. The second kappa shape index (κ2) is 3.48. The summed E-state index contributed by atoms with van der Waals surface area (Å²) in [6.45, 7) is 8.19. The Morgan fingerprint density at radius 2 is 1.89 bits per heavy atom. The molecule has 0 unspecified atom stereocenters. The number of amides is 1. The number of nitrogens with zero attached hydrogens (tertiary/aromatic N) is 1. The topological polar surface area (TPSA) is 20.3 Å². The number of fused-ring (bicyclic) bond motifs is 3. The van der Waals surface area contributed by atoms with Crippen molar-refractivity contribution in [1.29, 1.82) is 0 Å². The van der Waals surface area contributed by atoms with E-state index in [0.29, 0.717) is 0 Å². The molecule has 1 aromatic carbocycles. The number of hydrogen-bond acceptors (Lipinski definition) is 1. The standard InChI is InChI=1S/C15H17Cl2NO/c1-9-5-6-11-10(7-9)14(4)12(15(14,16)17)13(2,3)18(11)8-19/h5-8,12H,1-4H3/t12-,14-/m1/s1. The molecule has 1 saturated carbocycles. The van der Waals surface area contributed by atoms with E-state index in [1.165, 1.54) is 0 Å². The normalized spacial score (nSPS) is 33.4. The Morgan fingerprint density at radius 1 is 1.26 bits per heavy atom. The average Bonchev–Trinajstić information content (AvgIpc) is 2.77. The Hall–Kier alpha value is -0.730. The largest absolute Gasteiger partial charge is 0.309 e. The molecule has 0 saturated heterocycles. The van der Waals surface area contributed by atoms with Crippen molar-refractivity contribution in [2.45, 2.75) is 43.0 Å². The van der Waals surface area contributed by atoms with E-state index < -0.39 is 4.33 Å². The van der Waals surface area contributed by atoms with Crippen LogP contribution in [0.2, 0.25) is 0 Å². The monoisotopic (exact) mass is 297 g/mol. The number of alkyl halides is 2. The zero-order chi connectivity index (χ0) is 14.2. The van der Waals surface area contributed by atoms with E-state index in [0.717, 1.165) is 23.2 Å². The van der Waals surface area contributed by atoms with Crippen molar-refractivity contribution in [1.82, 2.24) is 0 Å². The van der Waals surface area contributed by atoms with Crippen LogP contribution in [0, 0.1) is 12.8 Å². The Kier molecular flexibility index (Phi) is 2.43. The fraction of sp³-hybridized carbons (Fsp3) is 0.533. The third kappa shape index (κ3) is 1.32. The molecule has 0 bridgehead atoms. The predicted molar refractivity (Wildman–Crippen MR) is 79.1 cm³/mol. The third-order valence-corrected chi connectivity index (χ3v) is 6.17. The van der Waals surface area contributed by atoms with Gasteiger partial charge in [-0.1, -0.05) is 24.6 Å². The summed E-state index contributed by atoms with van der Waals surface area (Å²) in [6, 6.07) is 6.10. The summed E-state index contributed by atoms with van der Waals surface area (Å²) in [5.74, 6) is 0.0373. The number of benzene rings is 1. The first-order chi connectivity index (χ1) is 8.69. The van der Waals surface area contributed by atoms with E-state index in [4.69, 9.17) is 23.2 Å². The van der Waals surface area contributed by atoms with Gasteiger partial charge in [0.1, 0.15) is 4.33 Å². The molecule has 0 spiro atoms. The Morgan fingerprint density at radius 3 is 2.47 bits per heavy atom. The molecule has 3 rings (SSSR count). The molecular weight excluding hydrogens is 281 g/mol. The molecule has 0 N–H and O–H groups in total. The van der Waals surface area contributed by atoms with Gasteiger partial charge in [-0.2, -0.15) is 0 Å². The first kappa shape index (κ1) is 13.3. The van der Waals surface area contributed by atoms with Crippen LogP contribution in [0.25, 0.3) is 0 Å². The molecule has 19 heavy (non-hydrogen) atoms. The maximum atomic E-state index is 11.5. The van der Waals surface area contributed by atoms with Crippen molar-refractivity contribution in [3.05, 3.63) is 29.3 Å². The number of hydrogen-bond donors (Lipinski definition) is 0. The van der Waals surface area contributed by atoms with Gasteiger partial charge in [-0.05, 0) is 32.4 Å². The van der Waals surface area contributed by atoms with E-state index in [-0.39, 0.29) is 16.9 Å². The van der Waals surface area contributed by atoms with Crippen LogP contribution in [0.5, 0.6) is 0 Å². The highest BCUT2D eigenvalue weighted by Crippen LogP contribution is 2.76. The number of carbonyl (C=O) groups is 1. The Bertz CT molecular complexity index is 582. The third-order valence-electron chi connectivity index (χ3n) is 4.95. The maximum Gasteiger partial charge on any atom is 0.214 e. The molecule has 1 aromatic rings. The summed E-state index contributed by atoms with van der Waals surface area (Å²) in [5.41, 5.74) is 2.48. The van der Waals surface area contributed by atoms with Crippen molar-refractivity contribution in [2.24, 2.45) is 5.92 Å². The van der Waals surface area contributed by atoms with E-state index in [1.807, 2.05) is 32.9 Å². The molecule has 4 heteroatoms. The molecule has 0 aromatic heterocycles. The first-order valence-electron chi connectivity index (χ1n) is 6.42. The maximum absolute atomic E-state index is 11.5. The lowest BCUT2D eigenvalue weighted by Gasteiger charge is -2.42. The van der Waals surface area contributed by atoms with E-state index in [9.17, 15) is 4.79 Å². The lowest BCUT2D eigenvalue weighted by Crippen LogP contribution is -2.50. The molecule has 2 aliphatic rings. The summed E-state index contributed by atoms with van der Waals surface area (Å²) in [4.78, 5) is 13.3. The van der Waals surface area contributed by atoms with Gasteiger partial charge in [0.2, 0.25) is 6.41 Å². The van der Waals surface area contributed by atoms with Gasteiger partial charge in [-0.3, -0.25) is 4.79 Å². The van der Waals surface area contributed by atoms with E-state index in [2.05, 4.69) is 13.0 Å². The number of carbonyl (C=O) groups excluding carboxylic acids is 1. The first-order valence-corrected chi connectivity index (χ1v) is 7.18. The van der Waals surface area contributed by atoms with Crippen LogP contribution < -0.4 is 4.90 Å². The lowest BCUT2D eigenvalue weighted by atomic mass is 9.80. The molecule has 1 aliphatic heterocycles. The minimum absolute atomic E-state index is 0.0373. The molecular formula is C15H17Cl2NO. The lowest BCUT2D eigenvalue weighted by molar-refractivity contribution is -0.108. The van der Waals surface area contributed by atoms with Crippen LogP contribution in [-0.4, -0.2) is 16.3 Å². The van der Waals surface area contributed by atoms with Gasteiger partial charge in [-0.15, -0.1) is 23.2 Å². The second-order valence-electron chi connectivity index (χ2n) is 6.41. The number of rotatable bonds is 1. The van der Waals surface area contributed by atoms with Gasteiger partial charge in [0, 0.05) is 22.6 Å². The molecule has 1 fully saturated rings. The van der Waals surface area contributed by atoms with Crippen molar-refractivity contribution >= 4 is 35.3 Å². The van der Waals surface area contributed by atoms with E-state index in [1.54, 1.807) is 4.90 Å². The van der Waals surface area contributed by atoms with Crippen LogP contribution in [0.15, 0.2) is 18.2 Å². The molecule has 1 amide bonds. The van der Waals surface area contributed by atoms with Crippen molar-refractivity contribution < 1.29 is 4.79 Å². The predicted octanol–water partition coefficient (Wildman–Crippen LogP) is 3.81. The number of aryl methyl sites for hydroxylation is 1. The molecule has 0 radical (unpaired) electrons. The van der Waals surface area contributed by atoms with Gasteiger partial charge in [0.25, 0.3) is 0 Å². The smallest absolute Gasteiger partial charge is 0.214 e. The zero-order valence-electron chi connectivity index (χ0n) is 11.5. The fourth-order valence-corrected chi connectivity index (χ4v) is 5.22. The highest BCUT2D eigenvalue weighted by molar-refractivity contribution is 6.53. The van der Waals surface area contributed by atoms with Crippen LogP contribution in [0.4, 0.5) is 5.69 Å². The molecule has 2 atom stereocenters. The second-order valence-corrected chi connectivity index (χ2v) is 7.79. The molecule has 2 nitrogen and oxygen atoms in total. The summed E-state index contributed by atoms with van der Waals surface area (Å²) >= 11 is 13.1. The van der Waals surface area contributed by atoms with Gasteiger partial charge in [0.15, 0.2) is 0 Å². The molecule has 1 heterocycles. The summed E-state index contributed by atoms with van der Waals surface area (Å²) in [6.07, 6.45) is 0.885. The molecule has 102 valence electrons. The zero-order valence-corrected chi connectivity index (χ0v) is 13.0. The summed E-state index contributed by atoms with van der Waals surface area (Å²) in [5, 5.41) is 0. The van der Waals surface area contributed by atoms with Gasteiger partial charge in [-0.25, -0.2) is 0 Å². The van der Waals surface area contributed by atoms with Crippen LogP contribution in [0.1, 0.15) is 31.9 Å². The summed E-state index contributed by atoms with van der Waals surface area (Å²) in [7, 11) is 0. The fourth-order valence-electron chi connectivity index (χ4n) is 3.93. The van der Waals surface area contributed by atoms with Crippen molar-refractivity contribution in [3.8, 4) is 0 Å². The van der Waals surface area contributed by atoms with Gasteiger partial charge >= 0.3 is 0 Å². The van der Waals surface area contributed by atoms with Gasteiger partial charge in [0.05, 0.1) is 0 Å². The number of halogens is 2.